The van der Waals surface area contributed by atoms with E-state index in [1.165, 1.54) is 6.07 Å². The summed E-state index contributed by atoms with van der Waals surface area (Å²) in [6, 6.07) is 1.64. The Morgan fingerprint density at radius 1 is 1.21 bits per heavy atom. The van der Waals surface area contributed by atoms with E-state index >= 15 is 0 Å². The van der Waals surface area contributed by atoms with Crippen molar-refractivity contribution in [3.05, 3.63) is 39.4 Å². The number of non-ortho nitro benzene ring substituents is 1. The van der Waals surface area contributed by atoms with Crippen LogP contribution < -0.4 is 5.32 Å². The number of hydrogen-bond acceptors (Lipinski definition) is 9. The van der Waals surface area contributed by atoms with Crippen molar-refractivity contribution >= 4 is 41.1 Å². The summed E-state index contributed by atoms with van der Waals surface area (Å²) in [7, 11) is 0. The molecule has 0 saturated carbocycles. The number of amides is 3. The van der Waals surface area contributed by atoms with Gasteiger partial charge in [-0.05, 0) is 12.5 Å². The standard InChI is InChI=1S/C18H15F3N4O7S/c19-18(20,21)16(29)32-17-23(3-4-33-17)15(28)12-6-9(7-22-12)24-13(26)10-2-1-8(25(30)31)5-11(10)14(24)27/h1-2,5,9,12,17,22H,3-4,6-7H2/t9-,12-,17?/m0/s1. The van der Waals surface area contributed by atoms with Crippen LogP contribution in [0, 0.1) is 10.1 Å². The summed E-state index contributed by atoms with van der Waals surface area (Å²) in [5.74, 6) is -4.16. The van der Waals surface area contributed by atoms with Crippen LogP contribution >= 0.6 is 11.8 Å². The predicted molar refractivity (Wildman–Crippen MR) is 104 cm³/mol. The van der Waals surface area contributed by atoms with Crippen LogP contribution in [-0.4, -0.2) is 81.1 Å². The Labute approximate surface area is 187 Å². The fourth-order valence-corrected chi connectivity index (χ4v) is 4.96. The fraction of sp³-hybridized carbons (Fsp3) is 0.444. The van der Waals surface area contributed by atoms with Crippen LogP contribution in [0.3, 0.4) is 0 Å². The number of fused-ring (bicyclic) bond motifs is 1. The molecule has 1 N–H and O–H groups in total. The molecule has 0 aromatic heterocycles. The largest absolute Gasteiger partial charge is 0.491 e. The first-order valence-electron chi connectivity index (χ1n) is 9.58. The average molecular weight is 488 g/mol. The Bertz CT molecular complexity index is 1070. The molecule has 1 unspecified atom stereocenters. The minimum absolute atomic E-state index is 0.00967. The monoisotopic (exact) mass is 488 g/mol. The lowest BCUT2D eigenvalue weighted by Crippen LogP contribution is -2.47. The highest BCUT2D eigenvalue weighted by atomic mass is 32.2. The van der Waals surface area contributed by atoms with Crippen LogP contribution in [0.4, 0.5) is 18.9 Å². The number of nitro benzene ring substituents is 1. The number of nitrogens with one attached hydrogen (secondary N) is 1. The molecule has 3 atom stereocenters. The number of carbonyl (C=O) groups is 4. The molecule has 1 aromatic carbocycles. The van der Waals surface area contributed by atoms with E-state index in [1.807, 2.05) is 0 Å². The first-order chi connectivity index (χ1) is 15.5. The molecular formula is C18H15F3N4O7S. The maximum atomic E-state index is 12.9. The second-order valence-corrected chi connectivity index (χ2v) is 8.58. The summed E-state index contributed by atoms with van der Waals surface area (Å²) in [5.41, 5.74) is -1.89. The summed E-state index contributed by atoms with van der Waals surface area (Å²) in [6.45, 7) is 0.0940. The number of rotatable bonds is 4. The van der Waals surface area contributed by atoms with E-state index in [0.717, 1.165) is 33.7 Å². The topological polar surface area (TPSA) is 139 Å². The summed E-state index contributed by atoms with van der Waals surface area (Å²) in [6.07, 6.45) is -5.22. The molecule has 176 valence electrons. The van der Waals surface area contributed by atoms with Gasteiger partial charge in [-0.1, -0.05) is 11.8 Å². The summed E-state index contributed by atoms with van der Waals surface area (Å²) >= 11 is 0.865. The smallest absolute Gasteiger partial charge is 0.425 e. The van der Waals surface area contributed by atoms with E-state index in [2.05, 4.69) is 10.1 Å². The van der Waals surface area contributed by atoms with Crippen molar-refractivity contribution < 1.29 is 42.0 Å². The molecular weight excluding hydrogens is 473 g/mol. The van der Waals surface area contributed by atoms with Gasteiger partial charge in [-0.2, -0.15) is 13.2 Å². The summed E-state index contributed by atoms with van der Waals surface area (Å²) < 4.78 is 41.9. The molecule has 4 rings (SSSR count). The van der Waals surface area contributed by atoms with Crippen LogP contribution in [-0.2, 0) is 14.3 Å². The Morgan fingerprint density at radius 2 is 1.91 bits per heavy atom. The molecule has 0 bridgehead atoms. The van der Waals surface area contributed by atoms with Crippen LogP contribution in [0.25, 0.3) is 0 Å². The number of nitrogens with zero attached hydrogens (tertiary/aromatic N) is 3. The van der Waals surface area contributed by atoms with Gasteiger partial charge in [0.25, 0.3) is 17.5 Å². The van der Waals surface area contributed by atoms with Crippen molar-refractivity contribution in [1.29, 1.82) is 0 Å². The number of halogens is 3. The molecule has 33 heavy (non-hydrogen) atoms. The minimum atomic E-state index is -5.20. The fourth-order valence-electron chi connectivity index (χ4n) is 3.91. The first-order valence-corrected chi connectivity index (χ1v) is 10.6. The quantitative estimate of drug-likeness (QED) is 0.283. The molecule has 1 aromatic rings. The molecule has 0 spiro atoms. The zero-order chi connectivity index (χ0) is 24.1. The van der Waals surface area contributed by atoms with Crippen molar-refractivity contribution in [3.8, 4) is 0 Å². The first kappa shape index (κ1) is 23.0. The number of imide groups is 1. The van der Waals surface area contributed by atoms with Crippen molar-refractivity contribution in [2.75, 3.05) is 18.8 Å². The van der Waals surface area contributed by atoms with E-state index in [9.17, 15) is 42.5 Å². The van der Waals surface area contributed by atoms with Crippen molar-refractivity contribution in [2.45, 2.75) is 30.2 Å². The molecule has 2 fully saturated rings. The van der Waals surface area contributed by atoms with Gasteiger partial charge in [-0.25, -0.2) is 4.79 Å². The van der Waals surface area contributed by atoms with E-state index in [-0.39, 0.29) is 42.1 Å². The highest BCUT2D eigenvalue weighted by molar-refractivity contribution is 8.00. The number of hydrogen-bond donors (Lipinski definition) is 1. The molecule has 3 aliphatic rings. The molecule has 2 saturated heterocycles. The summed E-state index contributed by atoms with van der Waals surface area (Å²) in [5, 5.41) is 13.8. The number of alkyl halides is 3. The number of thioether (sulfide) groups is 1. The van der Waals surface area contributed by atoms with Crippen molar-refractivity contribution in [3.63, 3.8) is 0 Å². The SMILES string of the molecule is O=C([C@@H]1C[C@H](N2C(=O)c3ccc([N+](=O)[O-])cc3C2=O)CN1)N1CCSC1OC(=O)C(F)(F)F. The number of benzene rings is 1. The Hall–Kier alpha value is -3.20. The predicted octanol–water partition coefficient (Wildman–Crippen LogP) is 0.886. The molecule has 11 nitrogen and oxygen atoms in total. The minimum Gasteiger partial charge on any atom is -0.425 e. The van der Waals surface area contributed by atoms with Gasteiger partial charge in [0.2, 0.25) is 11.5 Å². The van der Waals surface area contributed by atoms with Gasteiger partial charge in [0, 0.05) is 31.0 Å². The maximum Gasteiger partial charge on any atom is 0.491 e. The van der Waals surface area contributed by atoms with Gasteiger partial charge in [0.15, 0.2) is 0 Å². The Balaban J connectivity index is 1.44. The maximum absolute atomic E-state index is 12.9. The molecule has 3 amide bonds. The van der Waals surface area contributed by atoms with Gasteiger partial charge in [-0.15, -0.1) is 0 Å². The lowest BCUT2D eigenvalue weighted by Gasteiger charge is -2.26. The van der Waals surface area contributed by atoms with Gasteiger partial charge in [0.05, 0.1) is 28.1 Å². The van der Waals surface area contributed by atoms with Crippen molar-refractivity contribution in [2.24, 2.45) is 0 Å². The normalized spacial score (nSPS) is 24.9. The third kappa shape index (κ3) is 4.13. The third-order valence-electron chi connectivity index (χ3n) is 5.45. The van der Waals surface area contributed by atoms with Gasteiger partial charge in [0.1, 0.15) is 0 Å². The Kier molecular flexibility index (Phi) is 5.78. The second kappa shape index (κ2) is 8.30. The number of ether oxygens (including phenoxy) is 1. The lowest BCUT2D eigenvalue weighted by molar-refractivity contribution is -0.384. The van der Waals surface area contributed by atoms with E-state index in [0.29, 0.717) is 0 Å². The van der Waals surface area contributed by atoms with Crippen LogP contribution in [0.5, 0.6) is 0 Å². The zero-order valence-electron chi connectivity index (χ0n) is 16.5. The number of carbonyl (C=O) groups excluding carboxylic acids is 4. The van der Waals surface area contributed by atoms with E-state index in [4.69, 9.17) is 0 Å². The van der Waals surface area contributed by atoms with Crippen molar-refractivity contribution in [1.82, 2.24) is 15.1 Å². The van der Waals surface area contributed by atoms with Crippen LogP contribution in [0.15, 0.2) is 18.2 Å². The number of esters is 1. The van der Waals surface area contributed by atoms with Gasteiger partial charge < -0.3 is 10.1 Å². The summed E-state index contributed by atoms with van der Waals surface area (Å²) in [4.78, 5) is 61.7. The van der Waals surface area contributed by atoms with E-state index < -0.39 is 52.4 Å². The zero-order valence-corrected chi connectivity index (χ0v) is 17.4. The second-order valence-electron chi connectivity index (χ2n) is 7.43. The molecule has 15 heteroatoms. The Morgan fingerprint density at radius 3 is 2.58 bits per heavy atom. The van der Waals surface area contributed by atoms with E-state index in [1.54, 1.807) is 0 Å². The third-order valence-corrected chi connectivity index (χ3v) is 6.51. The van der Waals surface area contributed by atoms with Gasteiger partial charge >= 0.3 is 12.1 Å². The molecule has 3 heterocycles. The molecule has 3 aliphatic heterocycles. The average Bonchev–Trinajstić information content (AvgIpc) is 3.46. The highest BCUT2D eigenvalue weighted by Gasteiger charge is 2.48. The molecule has 0 radical (unpaired) electrons. The lowest BCUT2D eigenvalue weighted by atomic mass is 10.1. The highest BCUT2D eigenvalue weighted by Crippen LogP contribution is 2.32. The number of nitro groups is 1. The van der Waals surface area contributed by atoms with Crippen LogP contribution in [0.1, 0.15) is 27.1 Å². The van der Waals surface area contributed by atoms with Crippen LogP contribution in [0.2, 0.25) is 0 Å². The van der Waals surface area contributed by atoms with Gasteiger partial charge in [-0.3, -0.25) is 34.3 Å². The molecule has 0 aliphatic carbocycles.